The van der Waals surface area contributed by atoms with E-state index in [1.165, 1.54) is 0 Å². The summed E-state index contributed by atoms with van der Waals surface area (Å²) in [6, 6.07) is 7.44. The molecule has 0 N–H and O–H groups in total. The van der Waals surface area contributed by atoms with Gasteiger partial charge in [0, 0.05) is 31.4 Å². The van der Waals surface area contributed by atoms with Crippen molar-refractivity contribution < 1.29 is 9.21 Å². The molecule has 146 valence electrons. The molecule has 0 unspecified atom stereocenters. The van der Waals surface area contributed by atoms with Crippen LogP contribution in [-0.2, 0) is 11.3 Å². The number of aromatic nitrogens is 5. The molecular formula is C20H24N6O2. The van der Waals surface area contributed by atoms with Crippen molar-refractivity contribution in [3.05, 3.63) is 47.7 Å². The normalized spacial score (nSPS) is 16.6. The number of hydrogen-bond acceptors (Lipinski definition) is 6. The van der Waals surface area contributed by atoms with Crippen molar-refractivity contribution in [1.29, 1.82) is 0 Å². The Morgan fingerprint density at radius 1 is 1.29 bits per heavy atom. The summed E-state index contributed by atoms with van der Waals surface area (Å²) in [5.41, 5.74) is 2.77. The molecule has 3 aromatic rings. The standard InChI is InChI=1S/C20H24N6O2/c1-14-13-15(2)26(24-14)12-6-9-18(27)25-11-5-8-17(25)20-23-22-19(28-20)16-7-3-4-10-21-16/h3-4,7,10,13,17H,5-6,8-9,11-12H2,1-2H3/t17-/m1/s1. The van der Waals surface area contributed by atoms with Crippen molar-refractivity contribution in [2.75, 3.05) is 6.54 Å². The predicted octanol–water partition coefficient (Wildman–Crippen LogP) is 3.09. The van der Waals surface area contributed by atoms with Crippen LogP contribution in [0.1, 0.15) is 49.0 Å². The van der Waals surface area contributed by atoms with Crippen LogP contribution in [0, 0.1) is 13.8 Å². The monoisotopic (exact) mass is 380 g/mol. The first kappa shape index (κ1) is 18.3. The molecule has 1 fully saturated rings. The molecule has 0 radical (unpaired) electrons. The van der Waals surface area contributed by atoms with Crippen LogP contribution in [0.25, 0.3) is 11.6 Å². The van der Waals surface area contributed by atoms with Crippen LogP contribution >= 0.6 is 0 Å². The van der Waals surface area contributed by atoms with Crippen molar-refractivity contribution in [2.24, 2.45) is 0 Å². The van der Waals surface area contributed by atoms with E-state index in [4.69, 9.17) is 4.42 Å². The molecule has 1 amide bonds. The van der Waals surface area contributed by atoms with Gasteiger partial charge < -0.3 is 9.32 Å². The number of likely N-dealkylation sites (tertiary alicyclic amines) is 1. The van der Waals surface area contributed by atoms with Gasteiger partial charge in [0.05, 0.1) is 5.69 Å². The Balaban J connectivity index is 1.38. The quantitative estimate of drug-likeness (QED) is 0.653. The largest absolute Gasteiger partial charge is 0.417 e. The maximum Gasteiger partial charge on any atom is 0.266 e. The second kappa shape index (κ2) is 7.92. The van der Waals surface area contributed by atoms with Crippen molar-refractivity contribution in [3.8, 4) is 11.6 Å². The molecule has 8 heteroatoms. The predicted molar refractivity (Wildman–Crippen MR) is 102 cm³/mol. The molecule has 0 aliphatic carbocycles. The highest BCUT2D eigenvalue weighted by Crippen LogP contribution is 2.33. The molecule has 3 aromatic heterocycles. The first-order valence-corrected chi connectivity index (χ1v) is 9.67. The molecule has 0 spiro atoms. The van der Waals surface area contributed by atoms with E-state index in [0.717, 1.165) is 43.7 Å². The average molecular weight is 380 g/mol. The number of nitrogens with zero attached hydrogens (tertiary/aromatic N) is 6. The van der Waals surface area contributed by atoms with Gasteiger partial charge in [-0.25, -0.2) is 0 Å². The van der Waals surface area contributed by atoms with Crippen LogP contribution in [0.15, 0.2) is 34.9 Å². The fourth-order valence-corrected chi connectivity index (χ4v) is 3.71. The summed E-state index contributed by atoms with van der Waals surface area (Å²) in [6.07, 6.45) is 4.71. The summed E-state index contributed by atoms with van der Waals surface area (Å²) in [6.45, 7) is 5.49. The number of hydrogen-bond donors (Lipinski definition) is 0. The SMILES string of the molecule is Cc1cc(C)n(CCCC(=O)N2CCC[C@@H]2c2nnc(-c3ccccn3)o2)n1. The van der Waals surface area contributed by atoms with Gasteiger partial charge in [0.1, 0.15) is 11.7 Å². The lowest BCUT2D eigenvalue weighted by Crippen LogP contribution is -2.30. The van der Waals surface area contributed by atoms with Crippen LogP contribution in [0.2, 0.25) is 0 Å². The molecule has 1 aliphatic heterocycles. The van der Waals surface area contributed by atoms with E-state index in [9.17, 15) is 4.79 Å². The zero-order valence-corrected chi connectivity index (χ0v) is 16.2. The summed E-state index contributed by atoms with van der Waals surface area (Å²) in [5.74, 6) is 1.01. The maximum atomic E-state index is 12.8. The minimum absolute atomic E-state index is 0.126. The Morgan fingerprint density at radius 3 is 2.93 bits per heavy atom. The summed E-state index contributed by atoms with van der Waals surface area (Å²) in [4.78, 5) is 18.9. The molecule has 0 aromatic carbocycles. The Labute approximate surface area is 163 Å². The van der Waals surface area contributed by atoms with Crippen LogP contribution in [0.3, 0.4) is 0 Å². The van der Waals surface area contributed by atoms with Crippen molar-refractivity contribution in [3.63, 3.8) is 0 Å². The fraction of sp³-hybridized carbons (Fsp3) is 0.450. The summed E-state index contributed by atoms with van der Waals surface area (Å²) in [5, 5.41) is 12.7. The molecule has 4 rings (SSSR count). The van der Waals surface area contributed by atoms with Crippen molar-refractivity contribution in [1.82, 2.24) is 29.9 Å². The first-order valence-electron chi connectivity index (χ1n) is 9.67. The Morgan fingerprint density at radius 2 is 2.18 bits per heavy atom. The van der Waals surface area contributed by atoms with E-state index < -0.39 is 0 Å². The van der Waals surface area contributed by atoms with E-state index in [1.54, 1.807) is 6.20 Å². The zero-order valence-electron chi connectivity index (χ0n) is 16.2. The molecular weight excluding hydrogens is 356 g/mol. The topological polar surface area (TPSA) is 89.9 Å². The summed E-state index contributed by atoms with van der Waals surface area (Å²) in [7, 11) is 0. The van der Waals surface area contributed by atoms with Crippen molar-refractivity contribution >= 4 is 5.91 Å². The van der Waals surface area contributed by atoms with E-state index in [1.807, 2.05) is 47.7 Å². The number of aryl methyl sites for hydroxylation is 3. The molecule has 1 saturated heterocycles. The molecule has 28 heavy (non-hydrogen) atoms. The molecule has 1 aliphatic rings. The Hall–Kier alpha value is -3.03. The van der Waals surface area contributed by atoms with E-state index >= 15 is 0 Å². The second-order valence-electron chi connectivity index (χ2n) is 7.16. The maximum absolute atomic E-state index is 12.8. The highest BCUT2D eigenvalue weighted by molar-refractivity contribution is 5.76. The highest BCUT2D eigenvalue weighted by Gasteiger charge is 2.33. The number of pyridine rings is 1. The average Bonchev–Trinajstić information content (AvgIpc) is 3.42. The van der Waals surface area contributed by atoms with Crippen LogP contribution in [0.4, 0.5) is 0 Å². The van der Waals surface area contributed by atoms with Crippen molar-refractivity contribution in [2.45, 2.75) is 52.1 Å². The highest BCUT2D eigenvalue weighted by atomic mass is 16.4. The Kier molecular flexibility index (Phi) is 5.18. The molecule has 4 heterocycles. The molecule has 8 nitrogen and oxygen atoms in total. The van der Waals surface area contributed by atoms with E-state index in [-0.39, 0.29) is 11.9 Å². The minimum atomic E-state index is -0.147. The lowest BCUT2D eigenvalue weighted by Gasteiger charge is -2.22. The van der Waals surface area contributed by atoms with Crippen LogP contribution in [-0.4, -0.2) is 42.3 Å². The lowest BCUT2D eigenvalue weighted by molar-refractivity contribution is -0.132. The Bertz CT molecular complexity index is 949. The zero-order chi connectivity index (χ0) is 19.5. The third kappa shape index (κ3) is 3.81. The third-order valence-electron chi connectivity index (χ3n) is 5.05. The summed E-state index contributed by atoms with van der Waals surface area (Å²) < 4.78 is 7.79. The van der Waals surface area contributed by atoms with Gasteiger partial charge in [-0.1, -0.05) is 6.07 Å². The van der Waals surface area contributed by atoms with E-state index in [0.29, 0.717) is 23.9 Å². The van der Waals surface area contributed by atoms with Crippen LogP contribution in [0.5, 0.6) is 0 Å². The number of rotatable bonds is 6. The van der Waals surface area contributed by atoms with Gasteiger partial charge >= 0.3 is 0 Å². The van der Waals surface area contributed by atoms with Crippen LogP contribution < -0.4 is 0 Å². The fourth-order valence-electron chi connectivity index (χ4n) is 3.71. The van der Waals surface area contributed by atoms with E-state index in [2.05, 4.69) is 20.3 Å². The van der Waals surface area contributed by atoms with Gasteiger partial charge in [-0.2, -0.15) is 5.10 Å². The molecule has 0 saturated carbocycles. The smallest absolute Gasteiger partial charge is 0.266 e. The third-order valence-corrected chi connectivity index (χ3v) is 5.05. The number of amides is 1. The number of carbonyl (C=O) groups excluding carboxylic acids is 1. The van der Waals surface area contributed by atoms with Gasteiger partial charge in [0.2, 0.25) is 11.8 Å². The van der Waals surface area contributed by atoms with Gasteiger partial charge in [-0.15, -0.1) is 10.2 Å². The lowest BCUT2D eigenvalue weighted by atomic mass is 10.2. The van der Waals surface area contributed by atoms with Gasteiger partial charge in [-0.3, -0.25) is 14.5 Å². The number of carbonyl (C=O) groups is 1. The molecule has 1 atom stereocenters. The van der Waals surface area contributed by atoms with Gasteiger partial charge in [-0.05, 0) is 51.3 Å². The van der Waals surface area contributed by atoms with Gasteiger partial charge in [0.25, 0.3) is 5.89 Å². The van der Waals surface area contributed by atoms with Gasteiger partial charge in [0.15, 0.2) is 0 Å². The second-order valence-corrected chi connectivity index (χ2v) is 7.16. The minimum Gasteiger partial charge on any atom is -0.417 e. The molecule has 0 bridgehead atoms. The summed E-state index contributed by atoms with van der Waals surface area (Å²) >= 11 is 0. The first-order chi connectivity index (χ1) is 13.6.